The highest BCUT2D eigenvalue weighted by atomic mass is 35.5. The van der Waals surface area contributed by atoms with Crippen LogP contribution in [0.25, 0.3) is 11.2 Å². The van der Waals surface area contributed by atoms with Crippen molar-refractivity contribution in [2.24, 2.45) is 0 Å². The van der Waals surface area contributed by atoms with E-state index in [-0.39, 0.29) is 5.95 Å². The highest BCUT2D eigenvalue weighted by Crippen LogP contribution is 2.32. The van der Waals surface area contributed by atoms with Crippen molar-refractivity contribution in [1.82, 2.24) is 19.9 Å². The van der Waals surface area contributed by atoms with Crippen molar-refractivity contribution in [2.75, 3.05) is 28.6 Å². The number of aromatic nitrogens is 4. The fraction of sp³-hybridized carbons (Fsp3) is 0.190. The normalized spacial score (nSPS) is 14.1. The molecular formula is C21H19Cl2N7. The molecule has 1 aliphatic heterocycles. The summed E-state index contributed by atoms with van der Waals surface area (Å²) in [5.74, 6) is 0.975. The largest absolute Gasteiger partial charge is 0.368 e. The van der Waals surface area contributed by atoms with Gasteiger partial charge in [-0.05, 0) is 29.3 Å². The lowest BCUT2D eigenvalue weighted by molar-refractivity contribution is 0.751. The summed E-state index contributed by atoms with van der Waals surface area (Å²) >= 11 is 12.5. The van der Waals surface area contributed by atoms with Crippen LogP contribution in [0.2, 0.25) is 10.0 Å². The first-order valence-corrected chi connectivity index (χ1v) is 10.3. The number of anilines is 3. The second-order valence-corrected chi connectivity index (χ2v) is 8.06. The number of nitrogen functional groups attached to an aromatic ring is 1. The van der Waals surface area contributed by atoms with Gasteiger partial charge in [-0.25, -0.2) is 4.98 Å². The third-order valence-corrected chi connectivity index (χ3v) is 5.88. The molecule has 0 aliphatic carbocycles. The Labute approximate surface area is 183 Å². The fourth-order valence-electron chi connectivity index (χ4n) is 3.86. The molecular weight excluding hydrogens is 421 g/mol. The molecule has 0 saturated carbocycles. The molecule has 0 bridgehead atoms. The van der Waals surface area contributed by atoms with Crippen LogP contribution < -0.4 is 15.5 Å². The molecule has 9 heteroatoms. The summed E-state index contributed by atoms with van der Waals surface area (Å²) < 4.78 is 0. The topological polar surface area (TPSA) is 87.0 Å². The fourth-order valence-corrected chi connectivity index (χ4v) is 4.33. The lowest BCUT2D eigenvalue weighted by atomic mass is 10.1. The average Bonchev–Trinajstić information content (AvgIpc) is 3.12. The maximum atomic E-state index is 6.45. The molecule has 5 rings (SSSR count). The summed E-state index contributed by atoms with van der Waals surface area (Å²) in [5, 5.41) is 1.31. The molecule has 2 aromatic heterocycles. The molecule has 0 spiro atoms. The number of nitrogens with two attached hydrogens (primary N) is 1. The SMILES string of the molecule is Nc1nc(N2CCN(Cc3ccc(Cl)cc3Cl)c3ccccc3C2)c2[nH]cnc2n1. The van der Waals surface area contributed by atoms with E-state index in [1.54, 1.807) is 12.4 Å². The molecule has 152 valence electrons. The average molecular weight is 440 g/mol. The van der Waals surface area contributed by atoms with Crippen LogP contribution in [0, 0.1) is 0 Å². The van der Waals surface area contributed by atoms with E-state index in [9.17, 15) is 0 Å². The van der Waals surface area contributed by atoms with Gasteiger partial charge >= 0.3 is 0 Å². The van der Waals surface area contributed by atoms with E-state index < -0.39 is 0 Å². The Balaban J connectivity index is 1.51. The first kappa shape index (κ1) is 19.0. The number of halogens is 2. The molecule has 30 heavy (non-hydrogen) atoms. The molecule has 1 aliphatic rings. The highest BCUT2D eigenvalue weighted by molar-refractivity contribution is 6.35. The van der Waals surface area contributed by atoms with Crippen molar-refractivity contribution < 1.29 is 0 Å². The summed E-state index contributed by atoms with van der Waals surface area (Å²) in [4.78, 5) is 20.6. The van der Waals surface area contributed by atoms with E-state index in [4.69, 9.17) is 28.9 Å². The number of benzene rings is 2. The zero-order valence-electron chi connectivity index (χ0n) is 16.0. The standard InChI is InChI=1S/C21H19Cl2N7/c22-15-6-5-13(16(23)9-15)10-29-7-8-30(11-14-3-1-2-4-17(14)29)20-18-19(26-12-25-18)27-21(24)28-20/h1-6,9,12H,7-8,10-11H2,(H3,24,25,26,27,28). The van der Waals surface area contributed by atoms with Gasteiger partial charge in [-0.3, -0.25) is 0 Å². The van der Waals surface area contributed by atoms with Gasteiger partial charge in [0.2, 0.25) is 5.95 Å². The maximum Gasteiger partial charge on any atom is 0.224 e. The second-order valence-electron chi connectivity index (χ2n) is 7.21. The summed E-state index contributed by atoms with van der Waals surface area (Å²) in [6.45, 7) is 2.93. The second kappa shape index (κ2) is 7.66. The Morgan fingerprint density at radius 1 is 1.07 bits per heavy atom. The smallest absolute Gasteiger partial charge is 0.224 e. The number of imidazole rings is 1. The Bertz CT molecular complexity index is 1220. The van der Waals surface area contributed by atoms with Crippen molar-refractivity contribution in [3.63, 3.8) is 0 Å². The van der Waals surface area contributed by atoms with E-state index in [2.05, 4.69) is 54.0 Å². The van der Waals surface area contributed by atoms with Gasteiger partial charge in [0.25, 0.3) is 0 Å². The third kappa shape index (κ3) is 3.51. The van der Waals surface area contributed by atoms with Gasteiger partial charge in [-0.2, -0.15) is 9.97 Å². The number of para-hydroxylation sites is 1. The number of aromatic amines is 1. The quantitative estimate of drug-likeness (QED) is 0.495. The van der Waals surface area contributed by atoms with Crippen LogP contribution in [0.1, 0.15) is 11.1 Å². The molecule has 7 nitrogen and oxygen atoms in total. The van der Waals surface area contributed by atoms with Crippen molar-refractivity contribution in [2.45, 2.75) is 13.1 Å². The lowest BCUT2D eigenvalue weighted by Gasteiger charge is -2.26. The van der Waals surface area contributed by atoms with Crippen molar-refractivity contribution in [3.8, 4) is 0 Å². The van der Waals surface area contributed by atoms with Crippen molar-refractivity contribution in [3.05, 3.63) is 70.0 Å². The zero-order chi connectivity index (χ0) is 20.7. The summed E-state index contributed by atoms with van der Waals surface area (Å²) in [6, 6.07) is 14.0. The van der Waals surface area contributed by atoms with Gasteiger partial charge in [-0.15, -0.1) is 0 Å². The van der Waals surface area contributed by atoms with Crippen LogP contribution in [0.4, 0.5) is 17.5 Å². The first-order valence-electron chi connectivity index (χ1n) is 9.57. The number of H-pyrrole nitrogens is 1. The summed E-state index contributed by atoms with van der Waals surface area (Å²) in [5.41, 5.74) is 10.7. The molecule has 3 heterocycles. The van der Waals surface area contributed by atoms with Crippen LogP contribution in [-0.4, -0.2) is 33.0 Å². The number of nitrogens with zero attached hydrogens (tertiary/aromatic N) is 5. The van der Waals surface area contributed by atoms with Crippen molar-refractivity contribution >= 4 is 51.8 Å². The molecule has 0 saturated heterocycles. The van der Waals surface area contributed by atoms with Crippen LogP contribution >= 0.6 is 23.2 Å². The van der Waals surface area contributed by atoms with Gasteiger partial charge in [0.05, 0.1) is 6.33 Å². The van der Waals surface area contributed by atoms with Crippen LogP contribution in [0.5, 0.6) is 0 Å². The molecule has 0 unspecified atom stereocenters. The predicted molar refractivity (Wildman–Crippen MR) is 121 cm³/mol. The minimum absolute atomic E-state index is 0.215. The third-order valence-electron chi connectivity index (χ3n) is 5.29. The Morgan fingerprint density at radius 3 is 2.80 bits per heavy atom. The van der Waals surface area contributed by atoms with Crippen LogP contribution in [0.3, 0.4) is 0 Å². The van der Waals surface area contributed by atoms with E-state index in [1.807, 2.05) is 12.1 Å². The van der Waals surface area contributed by atoms with Gasteiger partial charge in [-0.1, -0.05) is 47.5 Å². The van der Waals surface area contributed by atoms with Gasteiger partial charge in [0.15, 0.2) is 11.5 Å². The molecule has 0 fully saturated rings. The zero-order valence-corrected chi connectivity index (χ0v) is 17.5. The molecule has 0 amide bonds. The van der Waals surface area contributed by atoms with E-state index >= 15 is 0 Å². The number of fused-ring (bicyclic) bond motifs is 2. The Kier molecular flexibility index (Phi) is 4.84. The molecule has 0 radical (unpaired) electrons. The molecule has 2 aromatic carbocycles. The van der Waals surface area contributed by atoms with Gasteiger partial charge in [0.1, 0.15) is 5.52 Å². The monoisotopic (exact) mass is 439 g/mol. The van der Waals surface area contributed by atoms with E-state index in [0.717, 1.165) is 30.0 Å². The van der Waals surface area contributed by atoms with Crippen LogP contribution in [0.15, 0.2) is 48.8 Å². The molecule has 0 atom stereocenters. The van der Waals surface area contributed by atoms with Crippen molar-refractivity contribution in [1.29, 1.82) is 0 Å². The van der Waals surface area contributed by atoms with Crippen LogP contribution in [-0.2, 0) is 13.1 Å². The van der Waals surface area contributed by atoms with Gasteiger partial charge < -0.3 is 20.5 Å². The minimum Gasteiger partial charge on any atom is -0.368 e. The van der Waals surface area contributed by atoms with E-state index in [1.165, 1.54) is 11.3 Å². The maximum absolute atomic E-state index is 6.45. The molecule has 4 aromatic rings. The number of rotatable bonds is 3. The summed E-state index contributed by atoms with van der Waals surface area (Å²) in [6.07, 6.45) is 1.61. The number of hydrogen-bond donors (Lipinski definition) is 2. The summed E-state index contributed by atoms with van der Waals surface area (Å²) in [7, 11) is 0. The predicted octanol–water partition coefficient (Wildman–Crippen LogP) is 4.27. The number of nitrogens with one attached hydrogen (secondary N) is 1. The lowest BCUT2D eigenvalue weighted by Crippen LogP contribution is -2.32. The highest BCUT2D eigenvalue weighted by Gasteiger charge is 2.23. The Morgan fingerprint density at radius 2 is 1.93 bits per heavy atom. The van der Waals surface area contributed by atoms with Gasteiger partial charge in [0, 0.05) is 41.9 Å². The van der Waals surface area contributed by atoms with E-state index in [0.29, 0.717) is 28.8 Å². The Hall–Kier alpha value is -3.03. The molecule has 3 N–H and O–H groups in total. The first-order chi connectivity index (χ1) is 14.6. The number of hydrogen-bond acceptors (Lipinski definition) is 6. The minimum atomic E-state index is 0.215.